The predicted octanol–water partition coefficient (Wildman–Crippen LogP) is 3.09. The number of nitrogens with zero attached hydrogens (tertiary/aromatic N) is 1. The largest absolute Gasteiger partial charge is 0.299 e. The van der Waals surface area contributed by atoms with Crippen LogP contribution in [0.25, 0.3) is 0 Å². The van der Waals surface area contributed by atoms with Crippen LogP contribution in [0.3, 0.4) is 0 Å². The summed E-state index contributed by atoms with van der Waals surface area (Å²) in [5, 5.41) is 12.8. The Labute approximate surface area is 94.1 Å². The number of nitrogens with one attached hydrogen (secondary N) is 1. The molecular weight excluding hydrogens is 184 g/mol. The van der Waals surface area contributed by atoms with Gasteiger partial charge in [0, 0.05) is 0 Å². The summed E-state index contributed by atoms with van der Waals surface area (Å²) in [6.07, 6.45) is 5.73. The normalized spacial score (nSPS) is 32.3. The smallest absolute Gasteiger partial charge is 0.106 e. The molecule has 0 spiro atoms. The summed E-state index contributed by atoms with van der Waals surface area (Å²) in [6.45, 7) is 7.65. The third-order valence-corrected chi connectivity index (χ3v) is 3.43. The van der Waals surface area contributed by atoms with Crippen molar-refractivity contribution in [3.05, 3.63) is 0 Å². The van der Waals surface area contributed by atoms with Crippen molar-refractivity contribution in [2.45, 2.75) is 58.4 Å². The highest BCUT2D eigenvalue weighted by Gasteiger charge is 2.31. The van der Waals surface area contributed by atoms with Crippen molar-refractivity contribution in [2.75, 3.05) is 6.54 Å². The first-order valence-corrected chi connectivity index (χ1v) is 6.24. The van der Waals surface area contributed by atoms with Gasteiger partial charge in [-0.25, -0.2) is 0 Å². The van der Waals surface area contributed by atoms with E-state index in [0.29, 0.717) is 5.92 Å². The Morgan fingerprint density at radius 3 is 2.73 bits per heavy atom. The molecule has 2 nitrogen and oxygen atoms in total. The topological polar surface area (TPSA) is 35.8 Å². The van der Waals surface area contributed by atoms with Gasteiger partial charge in [-0.05, 0) is 37.6 Å². The lowest BCUT2D eigenvalue weighted by atomic mass is 9.91. The molecule has 0 amide bonds. The molecule has 1 N–H and O–H groups in total. The molecular formula is C13H24N2. The fourth-order valence-corrected chi connectivity index (χ4v) is 2.24. The number of nitriles is 1. The molecule has 2 atom stereocenters. The van der Waals surface area contributed by atoms with E-state index in [1.54, 1.807) is 0 Å². The molecule has 0 aromatic carbocycles. The van der Waals surface area contributed by atoms with E-state index in [1.807, 2.05) is 0 Å². The van der Waals surface area contributed by atoms with Gasteiger partial charge in [0.25, 0.3) is 0 Å². The van der Waals surface area contributed by atoms with Crippen molar-refractivity contribution in [1.29, 1.82) is 5.26 Å². The first-order valence-electron chi connectivity index (χ1n) is 6.24. The van der Waals surface area contributed by atoms with Gasteiger partial charge >= 0.3 is 0 Å². The second kappa shape index (κ2) is 5.51. The molecule has 0 aromatic rings. The standard InChI is InChI=1S/C13H24N2/c1-11(2)9-15-13(10-14)7-4-5-12(3)6-8-13/h11-12,15H,4-9H2,1-3H3. The van der Waals surface area contributed by atoms with Crippen LogP contribution in [-0.2, 0) is 0 Å². The molecule has 1 aliphatic carbocycles. The number of hydrogen-bond donors (Lipinski definition) is 1. The zero-order valence-electron chi connectivity index (χ0n) is 10.3. The summed E-state index contributed by atoms with van der Waals surface area (Å²) in [6, 6.07) is 2.52. The van der Waals surface area contributed by atoms with E-state index in [9.17, 15) is 5.26 Å². The molecule has 15 heavy (non-hydrogen) atoms. The lowest BCUT2D eigenvalue weighted by Gasteiger charge is -2.27. The lowest BCUT2D eigenvalue weighted by Crippen LogP contribution is -2.45. The molecule has 2 heteroatoms. The molecule has 1 saturated carbocycles. The third-order valence-electron chi connectivity index (χ3n) is 3.43. The zero-order valence-corrected chi connectivity index (χ0v) is 10.3. The molecule has 0 radical (unpaired) electrons. The fourth-order valence-electron chi connectivity index (χ4n) is 2.24. The Balaban J connectivity index is 2.55. The maximum atomic E-state index is 9.35. The summed E-state index contributed by atoms with van der Waals surface area (Å²) >= 11 is 0. The van der Waals surface area contributed by atoms with Crippen molar-refractivity contribution < 1.29 is 0 Å². The van der Waals surface area contributed by atoms with Gasteiger partial charge in [-0.1, -0.05) is 33.6 Å². The zero-order chi connectivity index (χ0) is 11.3. The van der Waals surface area contributed by atoms with Crippen LogP contribution in [0.15, 0.2) is 0 Å². The first-order chi connectivity index (χ1) is 7.08. The van der Waals surface area contributed by atoms with Crippen molar-refractivity contribution in [1.82, 2.24) is 5.32 Å². The van der Waals surface area contributed by atoms with Gasteiger partial charge in [-0.3, -0.25) is 5.32 Å². The van der Waals surface area contributed by atoms with Crippen LogP contribution in [0.2, 0.25) is 0 Å². The van der Waals surface area contributed by atoms with Gasteiger partial charge in [0.15, 0.2) is 0 Å². The van der Waals surface area contributed by atoms with Crippen LogP contribution in [0.1, 0.15) is 52.9 Å². The van der Waals surface area contributed by atoms with Gasteiger partial charge in [0.05, 0.1) is 6.07 Å². The van der Waals surface area contributed by atoms with Gasteiger partial charge in [-0.2, -0.15) is 5.26 Å². The van der Waals surface area contributed by atoms with Gasteiger partial charge in [-0.15, -0.1) is 0 Å². The Morgan fingerprint density at radius 2 is 2.13 bits per heavy atom. The van der Waals surface area contributed by atoms with Crippen LogP contribution in [-0.4, -0.2) is 12.1 Å². The maximum absolute atomic E-state index is 9.35. The average Bonchev–Trinajstić information content (AvgIpc) is 2.39. The lowest BCUT2D eigenvalue weighted by molar-refractivity contribution is 0.342. The Bertz CT molecular complexity index is 229. The van der Waals surface area contributed by atoms with Crippen molar-refractivity contribution in [3.8, 4) is 6.07 Å². The maximum Gasteiger partial charge on any atom is 0.106 e. The van der Waals surface area contributed by atoms with Crippen molar-refractivity contribution >= 4 is 0 Å². The molecule has 0 aromatic heterocycles. The molecule has 0 saturated heterocycles. The summed E-state index contributed by atoms with van der Waals surface area (Å²) in [4.78, 5) is 0. The van der Waals surface area contributed by atoms with Crippen LogP contribution in [0.5, 0.6) is 0 Å². The molecule has 0 heterocycles. The van der Waals surface area contributed by atoms with E-state index >= 15 is 0 Å². The van der Waals surface area contributed by atoms with E-state index in [1.165, 1.54) is 19.3 Å². The Hall–Kier alpha value is -0.550. The van der Waals surface area contributed by atoms with Gasteiger partial charge in [0.1, 0.15) is 5.54 Å². The highest BCUT2D eigenvalue weighted by atomic mass is 15.0. The van der Waals surface area contributed by atoms with Gasteiger partial charge < -0.3 is 0 Å². The average molecular weight is 208 g/mol. The SMILES string of the molecule is CC(C)CNC1(C#N)CCCC(C)CC1. The fraction of sp³-hybridized carbons (Fsp3) is 0.923. The minimum atomic E-state index is -0.227. The van der Waals surface area contributed by atoms with E-state index < -0.39 is 0 Å². The van der Waals surface area contributed by atoms with E-state index in [-0.39, 0.29) is 5.54 Å². The second-order valence-corrected chi connectivity index (χ2v) is 5.50. The second-order valence-electron chi connectivity index (χ2n) is 5.50. The van der Waals surface area contributed by atoms with Crippen molar-refractivity contribution in [3.63, 3.8) is 0 Å². The Morgan fingerprint density at radius 1 is 1.40 bits per heavy atom. The minimum Gasteiger partial charge on any atom is -0.299 e. The monoisotopic (exact) mass is 208 g/mol. The summed E-state index contributed by atoms with van der Waals surface area (Å²) in [5.41, 5.74) is -0.227. The molecule has 86 valence electrons. The predicted molar refractivity (Wildman–Crippen MR) is 63.4 cm³/mol. The van der Waals surface area contributed by atoms with E-state index in [4.69, 9.17) is 0 Å². The molecule has 2 unspecified atom stereocenters. The third kappa shape index (κ3) is 3.83. The number of rotatable bonds is 3. The molecule has 0 bridgehead atoms. The summed E-state index contributed by atoms with van der Waals surface area (Å²) in [5.74, 6) is 1.41. The molecule has 0 aliphatic heterocycles. The quantitative estimate of drug-likeness (QED) is 0.723. The highest BCUT2D eigenvalue weighted by Crippen LogP contribution is 2.29. The molecule has 1 rings (SSSR count). The van der Waals surface area contributed by atoms with Crippen LogP contribution >= 0.6 is 0 Å². The first kappa shape index (κ1) is 12.5. The number of hydrogen-bond acceptors (Lipinski definition) is 2. The highest BCUT2D eigenvalue weighted by molar-refractivity contribution is 5.08. The van der Waals surface area contributed by atoms with Crippen LogP contribution < -0.4 is 5.32 Å². The van der Waals surface area contributed by atoms with Crippen LogP contribution in [0.4, 0.5) is 0 Å². The minimum absolute atomic E-state index is 0.227. The van der Waals surface area contributed by atoms with E-state index in [0.717, 1.165) is 25.3 Å². The van der Waals surface area contributed by atoms with Gasteiger partial charge in [0.2, 0.25) is 0 Å². The summed E-state index contributed by atoms with van der Waals surface area (Å²) in [7, 11) is 0. The molecule has 1 aliphatic rings. The van der Waals surface area contributed by atoms with Crippen LogP contribution in [0, 0.1) is 23.2 Å². The Kier molecular flexibility index (Phi) is 4.60. The molecule has 1 fully saturated rings. The summed E-state index contributed by atoms with van der Waals surface area (Å²) < 4.78 is 0. The van der Waals surface area contributed by atoms with Crippen molar-refractivity contribution in [2.24, 2.45) is 11.8 Å². The van der Waals surface area contributed by atoms with E-state index in [2.05, 4.69) is 32.2 Å².